The van der Waals surface area contributed by atoms with Crippen molar-refractivity contribution in [2.75, 3.05) is 13.2 Å². The number of fused-ring (bicyclic) bond motifs is 1. The van der Waals surface area contributed by atoms with Crippen molar-refractivity contribution in [1.29, 1.82) is 0 Å². The topological polar surface area (TPSA) is 12.5 Å². The molecule has 2 aliphatic rings. The van der Waals surface area contributed by atoms with E-state index in [2.05, 4.69) is 41.7 Å². The van der Waals surface area contributed by atoms with Crippen LogP contribution in [0.25, 0.3) is 0 Å². The lowest BCUT2D eigenvalue weighted by molar-refractivity contribution is 0.215. The summed E-state index contributed by atoms with van der Waals surface area (Å²) < 4.78 is 8.67. The second-order valence-electron chi connectivity index (χ2n) is 4.27. The molecule has 3 heteroatoms. The minimum atomic E-state index is -0.335. The van der Waals surface area contributed by atoms with E-state index in [1.807, 2.05) is 0 Å². The van der Waals surface area contributed by atoms with Gasteiger partial charge in [-0.25, -0.2) is 0 Å². The molecular formula is C12H16NOP. The Hall–Kier alpha value is -0.430. The SMILES string of the molecule is CP1O[C@H](c2ccccc2)[C@@H]2CCCN21. The first-order chi connectivity index (χ1) is 7.36. The van der Waals surface area contributed by atoms with Gasteiger partial charge in [-0.15, -0.1) is 0 Å². The molecule has 0 aliphatic carbocycles. The van der Waals surface area contributed by atoms with Crippen LogP contribution in [0.15, 0.2) is 30.3 Å². The summed E-state index contributed by atoms with van der Waals surface area (Å²) in [7, 11) is -0.335. The fourth-order valence-corrected chi connectivity index (χ4v) is 4.44. The van der Waals surface area contributed by atoms with E-state index in [0.29, 0.717) is 12.1 Å². The summed E-state index contributed by atoms with van der Waals surface area (Å²) >= 11 is 0. The van der Waals surface area contributed by atoms with E-state index in [0.717, 1.165) is 0 Å². The molecule has 3 atom stereocenters. The van der Waals surface area contributed by atoms with Crippen molar-refractivity contribution in [3.63, 3.8) is 0 Å². The van der Waals surface area contributed by atoms with Crippen LogP contribution in [0, 0.1) is 0 Å². The van der Waals surface area contributed by atoms with Crippen molar-refractivity contribution in [3.05, 3.63) is 35.9 Å². The van der Waals surface area contributed by atoms with Gasteiger partial charge in [-0.1, -0.05) is 30.3 Å². The fraction of sp³-hybridized carbons (Fsp3) is 0.500. The zero-order valence-electron chi connectivity index (χ0n) is 8.97. The Morgan fingerprint density at radius 2 is 2.13 bits per heavy atom. The molecule has 3 rings (SSSR count). The molecule has 2 saturated heterocycles. The maximum Gasteiger partial charge on any atom is 0.104 e. The summed E-state index contributed by atoms with van der Waals surface area (Å²) in [4.78, 5) is 0. The Morgan fingerprint density at radius 3 is 2.93 bits per heavy atom. The van der Waals surface area contributed by atoms with Gasteiger partial charge < -0.3 is 4.52 Å². The predicted octanol–water partition coefficient (Wildman–Crippen LogP) is 3.16. The molecule has 0 spiro atoms. The smallest absolute Gasteiger partial charge is 0.104 e. The Labute approximate surface area is 92.1 Å². The first-order valence-corrected chi connectivity index (χ1v) is 7.24. The van der Waals surface area contributed by atoms with Crippen LogP contribution in [0.2, 0.25) is 0 Å². The highest BCUT2D eigenvalue weighted by Gasteiger charge is 2.43. The highest BCUT2D eigenvalue weighted by atomic mass is 31.2. The molecule has 2 aliphatic heterocycles. The fourth-order valence-electron chi connectivity index (χ4n) is 2.66. The van der Waals surface area contributed by atoms with Crippen molar-refractivity contribution in [2.24, 2.45) is 0 Å². The van der Waals surface area contributed by atoms with Crippen LogP contribution in [0.4, 0.5) is 0 Å². The summed E-state index contributed by atoms with van der Waals surface area (Å²) in [5.74, 6) is 0. The van der Waals surface area contributed by atoms with Gasteiger partial charge in [0.2, 0.25) is 0 Å². The minimum absolute atomic E-state index is 0.324. The van der Waals surface area contributed by atoms with E-state index in [-0.39, 0.29) is 8.30 Å². The number of hydrogen-bond acceptors (Lipinski definition) is 2. The molecule has 0 bridgehead atoms. The molecule has 1 aromatic rings. The van der Waals surface area contributed by atoms with Gasteiger partial charge in [-0.2, -0.15) is 0 Å². The first-order valence-electron chi connectivity index (χ1n) is 5.58. The van der Waals surface area contributed by atoms with E-state index in [9.17, 15) is 0 Å². The van der Waals surface area contributed by atoms with Crippen LogP contribution < -0.4 is 0 Å². The molecular weight excluding hydrogens is 205 g/mol. The third kappa shape index (κ3) is 1.61. The molecule has 2 heterocycles. The van der Waals surface area contributed by atoms with Crippen molar-refractivity contribution < 1.29 is 4.52 Å². The van der Waals surface area contributed by atoms with Gasteiger partial charge in [-0.05, 0) is 25.1 Å². The van der Waals surface area contributed by atoms with Crippen LogP contribution in [-0.2, 0) is 4.52 Å². The average Bonchev–Trinajstić information content (AvgIpc) is 2.84. The van der Waals surface area contributed by atoms with E-state index < -0.39 is 0 Å². The average molecular weight is 221 g/mol. The minimum Gasteiger partial charge on any atom is -0.334 e. The van der Waals surface area contributed by atoms with Crippen LogP contribution in [0.1, 0.15) is 24.5 Å². The van der Waals surface area contributed by atoms with Gasteiger partial charge in [0.25, 0.3) is 0 Å². The second kappa shape index (κ2) is 3.86. The van der Waals surface area contributed by atoms with Crippen molar-refractivity contribution in [3.8, 4) is 0 Å². The zero-order chi connectivity index (χ0) is 10.3. The summed E-state index contributed by atoms with van der Waals surface area (Å²) in [6.45, 7) is 3.47. The summed E-state index contributed by atoms with van der Waals surface area (Å²) in [6, 6.07) is 11.3. The maximum absolute atomic E-state index is 6.11. The van der Waals surface area contributed by atoms with Gasteiger partial charge in [0, 0.05) is 12.6 Å². The quantitative estimate of drug-likeness (QED) is 0.675. The normalized spacial score (nSPS) is 35.7. The second-order valence-corrected chi connectivity index (χ2v) is 5.93. The number of benzene rings is 1. The van der Waals surface area contributed by atoms with Gasteiger partial charge >= 0.3 is 0 Å². The van der Waals surface area contributed by atoms with Crippen LogP contribution in [0.5, 0.6) is 0 Å². The third-order valence-electron chi connectivity index (χ3n) is 3.38. The molecule has 0 aromatic heterocycles. The standard InChI is InChI=1S/C12H16NOP/c1-15-13-9-5-8-11(13)12(14-15)10-6-3-2-4-7-10/h2-4,6-7,11-12H,5,8-9H2,1H3/t11-,12+,15?/m0/s1. The summed E-state index contributed by atoms with van der Waals surface area (Å²) in [5.41, 5.74) is 1.35. The first kappa shape index (κ1) is 9.77. The lowest BCUT2D eigenvalue weighted by Gasteiger charge is -2.17. The highest BCUT2D eigenvalue weighted by molar-refractivity contribution is 7.49. The molecule has 1 unspecified atom stereocenters. The van der Waals surface area contributed by atoms with Gasteiger partial charge in [0.1, 0.15) is 14.4 Å². The molecule has 0 radical (unpaired) electrons. The van der Waals surface area contributed by atoms with Crippen molar-refractivity contribution in [1.82, 2.24) is 4.67 Å². The van der Waals surface area contributed by atoms with Crippen LogP contribution >= 0.6 is 8.30 Å². The lowest BCUT2D eigenvalue weighted by Crippen LogP contribution is -2.22. The zero-order valence-corrected chi connectivity index (χ0v) is 9.86. The van der Waals surface area contributed by atoms with Crippen molar-refractivity contribution >= 4 is 8.30 Å². The Morgan fingerprint density at radius 1 is 1.33 bits per heavy atom. The molecule has 2 fully saturated rings. The van der Waals surface area contributed by atoms with E-state index in [1.165, 1.54) is 24.9 Å². The van der Waals surface area contributed by atoms with Gasteiger partial charge in [0.05, 0.1) is 0 Å². The van der Waals surface area contributed by atoms with Gasteiger partial charge in [0.15, 0.2) is 0 Å². The van der Waals surface area contributed by atoms with Gasteiger partial charge in [-0.3, -0.25) is 4.67 Å². The molecule has 0 amide bonds. The van der Waals surface area contributed by atoms with Crippen LogP contribution in [0.3, 0.4) is 0 Å². The molecule has 1 aromatic carbocycles. The molecule has 15 heavy (non-hydrogen) atoms. The third-order valence-corrected chi connectivity index (χ3v) is 5.13. The molecule has 0 saturated carbocycles. The number of nitrogens with zero attached hydrogens (tertiary/aromatic N) is 1. The molecule has 80 valence electrons. The largest absolute Gasteiger partial charge is 0.334 e. The Kier molecular flexibility index (Phi) is 2.51. The number of rotatable bonds is 1. The lowest BCUT2D eigenvalue weighted by atomic mass is 10.0. The monoisotopic (exact) mass is 221 g/mol. The summed E-state index contributed by atoms with van der Waals surface area (Å²) in [6.07, 6.45) is 2.96. The van der Waals surface area contributed by atoms with E-state index in [4.69, 9.17) is 4.52 Å². The van der Waals surface area contributed by atoms with E-state index >= 15 is 0 Å². The maximum atomic E-state index is 6.11. The Bertz CT molecular complexity index is 343. The van der Waals surface area contributed by atoms with Crippen molar-refractivity contribution in [2.45, 2.75) is 25.0 Å². The predicted molar refractivity (Wildman–Crippen MR) is 62.8 cm³/mol. The highest BCUT2D eigenvalue weighted by Crippen LogP contribution is 2.57. The summed E-state index contributed by atoms with van der Waals surface area (Å²) in [5, 5.41) is 0. The number of hydrogen-bond donors (Lipinski definition) is 0. The van der Waals surface area contributed by atoms with E-state index in [1.54, 1.807) is 0 Å². The molecule has 0 N–H and O–H groups in total. The Balaban J connectivity index is 1.88. The van der Waals surface area contributed by atoms with Crippen LogP contribution in [-0.4, -0.2) is 23.9 Å². The molecule has 2 nitrogen and oxygen atoms in total.